The Balaban J connectivity index is 1.50. The van der Waals surface area contributed by atoms with Crippen LogP contribution in [-0.4, -0.2) is 89.5 Å². The molecule has 2 aromatic carbocycles. The van der Waals surface area contributed by atoms with Crippen LogP contribution in [0.5, 0.6) is 0 Å². The first-order chi connectivity index (χ1) is 27.9. The predicted molar refractivity (Wildman–Crippen MR) is 219 cm³/mol. The number of nitrogens with zero attached hydrogens (tertiary/aromatic N) is 1. The van der Waals surface area contributed by atoms with Gasteiger partial charge in [-0.3, -0.25) is 33.6 Å². The first kappa shape index (κ1) is 45.6. The normalized spacial score (nSPS) is 18.9. The van der Waals surface area contributed by atoms with E-state index in [-0.39, 0.29) is 56.1 Å². The Labute approximate surface area is 342 Å². The van der Waals surface area contributed by atoms with Gasteiger partial charge < -0.3 is 36.6 Å². The standard InChI is InChI=1S/C44H62N6O8/c1-4-6-23-35(41(45)54)47-38(52)26-46-43(56)40(53)34(16-5-2)48-42(55)36-25-33(58-28-30-17-10-7-11-18-30)27-50(36)44(57)39(32-21-14-9-15-22-32)49-37(51)24-29(3)31-19-12-8-13-20-31/h7-8,10-13,17-20,29,32-36,39H,4-6,9,14-16,21-28H2,1-3H3,(H2,45,54)(H,46,56)(H,47,52)(H,48,55)(H,49,51)/t29?,33-,34?,35?,36+,39?/m1/s1. The molecule has 1 aliphatic heterocycles. The lowest BCUT2D eigenvalue weighted by Crippen LogP contribution is -2.58. The largest absolute Gasteiger partial charge is 0.372 e. The number of nitrogens with two attached hydrogens (primary N) is 1. The Morgan fingerprint density at radius 3 is 2.12 bits per heavy atom. The number of carbonyl (C=O) groups excluding carboxylic acids is 7. The maximum Gasteiger partial charge on any atom is 0.290 e. The smallest absolute Gasteiger partial charge is 0.290 e. The number of rotatable bonds is 22. The van der Waals surface area contributed by atoms with Gasteiger partial charge in [0.2, 0.25) is 35.3 Å². The number of ether oxygens (including phenoxy) is 1. The molecule has 2 aliphatic rings. The zero-order valence-corrected chi connectivity index (χ0v) is 34.2. The topological polar surface area (TPSA) is 206 Å². The van der Waals surface area contributed by atoms with E-state index in [1.165, 1.54) is 4.90 Å². The maximum atomic E-state index is 14.7. The third-order valence-corrected chi connectivity index (χ3v) is 11.1. The van der Waals surface area contributed by atoms with Crippen LogP contribution in [0.25, 0.3) is 0 Å². The molecule has 14 heteroatoms. The molecule has 0 spiro atoms. The summed E-state index contributed by atoms with van der Waals surface area (Å²) in [6, 6.07) is 15.2. The minimum atomic E-state index is -1.24. The third-order valence-electron chi connectivity index (χ3n) is 11.1. The van der Waals surface area contributed by atoms with Gasteiger partial charge in [-0.25, -0.2) is 0 Å². The van der Waals surface area contributed by atoms with Gasteiger partial charge in [0.05, 0.1) is 25.3 Å². The average molecular weight is 803 g/mol. The molecule has 4 rings (SSSR count). The number of carbonyl (C=O) groups is 7. The Morgan fingerprint density at radius 1 is 0.810 bits per heavy atom. The Kier molecular flexibility index (Phi) is 18.3. The van der Waals surface area contributed by atoms with Crippen LogP contribution < -0.4 is 27.0 Å². The van der Waals surface area contributed by atoms with Crippen LogP contribution in [0.3, 0.4) is 0 Å². The van der Waals surface area contributed by atoms with Crippen molar-refractivity contribution in [2.75, 3.05) is 13.1 Å². The van der Waals surface area contributed by atoms with Gasteiger partial charge in [0.25, 0.3) is 5.91 Å². The number of hydrogen-bond donors (Lipinski definition) is 5. The van der Waals surface area contributed by atoms with Gasteiger partial charge in [-0.1, -0.05) is 120 Å². The van der Waals surface area contributed by atoms with Crippen LogP contribution in [0.15, 0.2) is 60.7 Å². The maximum absolute atomic E-state index is 14.7. The van der Waals surface area contributed by atoms with Gasteiger partial charge in [0.15, 0.2) is 0 Å². The van der Waals surface area contributed by atoms with Gasteiger partial charge in [-0.05, 0) is 48.6 Å². The number of likely N-dealkylation sites (tertiary alicyclic amines) is 1. The minimum Gasteiger partial charge on any atom is -0.372 e. The molecular weight excluding hydrogens is 741 g/mol. The summed E-state index contributed by atoms with van der Waals surface area (Å²) in [4.78, 5) is 94.8. The van der Waals surface area contributed by atoms with Gasteiger partial charge in [-0.15, -0.1) is 0 Å². The number of unbranched alkanes of at least 4 members (excludes halogenated alkanes) is 1. The van der Waals surface area contributed by atoms with Crippen molar-refractivity contribution >= 4 is 41.2 Å². The lowest BCUT2D eigenvalue weighted by molar-refractivity contribution is -0.144. The number of nitrogens with one attached hydrogen (secondary N) is 4. The highest BCUT2D eigenvalue weighted by Crippen LogP contribution is 2.31. The van der Waals surface area contributed by atoms with E-state index in [9.17, 15) is 33.6 Å². The number of hydrogen-bond acceptors (Lipinski definition) is 8. The number of benzene rings is 2. The number of Topliss-reactive ketones (excluding diaryl/α,β-unsaturated/α-hetero) is 1. The van der Waals surface area contributed by atoms with Crippen molar-refractivity contribution in [2.24, 2.45) is 11.7 Å². The molecule has 6 N–H and O–H groups in total. The van der Waals surface area contributed by atoms with E-state index >= 15 is 0 Å². The molecule has 316 valence electrons. The number of primary amides is 1. The zero-order chi connectivity index (χ0) is 42.0. The summed E-state index contributed by atoms with van der Waals surface area (Å²) in [7, 11) is 0. The molecule has 1 aliphatic carbocycles. The summed E-state index contributed by atoms with van der Waals surface area (Å²) in [6.07, 6.45) is 6.55. The first-order valence-corrected chi connectivity index (χ1v) is 20.9. The van der Waals surface area contributed by atoms with Gasteiger partial charge in [-0.2, -0.15) is 0 Å². The van der Waals surface area contributed by atoms with Gasteiger partial charge >= 0.3 is 0 Å². The fourth-order valence-electron chi connectivity index (χ4n) is 7.81. The van der Waals surface area contributed by atoms with E-state index in [4.69, 9.17) is 10.5 Å². The Morgan fingerprint density at radius 2 is 1.48 bits per heavy atom. The number of ketones is 1. The molecule has 1 saturated carbocycles. The lowest BCUT2D eigenvalue weighted by atomic mass is 9.83. The Bertz CT molecular complexity index is 1690. The van der Waals surface area contributed by atoms with Crippen LogP contribution in [0.4, 0.5) is 0 Å². The van der Waals surface area contributed by atoms with Crippen molar-refractivity contribution < 1.29 is 38.3 Å². The second-order valence-electron chi connectivity index (χ2n) is 15.7. The molecule has 0 radical (unpaired) electrons. The van der Waals surface area contributed by atoms with Crippen LogP contribution in [0.1, 0.15) is 115 Å². The van der Waals surface area contributed by atoms with Crippen molar-refractivity contribution in [1.29, 1.82) is 0 Å². The fourth-order valence-corrected chi connectivity index (χ4v) is 7.81. The Hall–Kier alpha value is -5.11. The van der Waals surface area contributed by atoms with E-state index < -0.39 is 66.2 Å². The van der Waals surface area contributed by atoms with Crippen molar-refractivity contribution in [1.82, 2.24) is 26.2 Å². The molecule has 2 aromatic rings. The van der Waals surface area contributed by atoms with Crippen LogP contribution in [-0.2, 0) is 44.9 Å². The highest BCUT2D eigenvalue weighted by molar-refractivity contribution is 6.38. The molecule has 4 unspecified atom stereocenters. The summed E-state index contributed by atoms with van der Waals surface area (Å²) in [6.45, 7) is 5.48. The van der Waals surface area contributed by atoms with E-state index in [0.717, 1.165) is 49.7 Å². The summed E-state index contributed by atoms with van der Waals surface area (Å²) in [5.41, 5.74) is 7.35. The third kappa shape index (κ3) is 13.8. The van der Waals surface area contributed by atoms with Gasteiger partial charge in [0, 0.05) is 19.4 Å². The molecule has 1 heterocycles. The fraction of sp³-hybridized carbons (Fsp3) is 0.568. The summed E-state index contributed by atoms with van der Waals surface area (Å²) < 4.78 is 6.25. The second-order valence-corrected chi connectivity index (χ2v) is 15.7. The molecule has 6 amide bonds. The SMILES string of the molecule is CCCCC(NC(=O)CNC(=O)C(=O)C(CCC)NC(=O)[C@@H]1C[C@@H](OCc2ccccc2)CN1C(=O)C(NC(=O)CC(C)c1ccccc1)C1CCCCC1)C(N)=O. The summed E-state index contributed by atoms with van der Waals surface area (Å²) in [5, 5.41) is 10.6. The highest BCUT2D eigenvalue weighted by Gasteiger charge is 2.45. The molecule has 1 saturated heterocycles. The summed E-state index contributed by atoms with van der Waals surface area (Å²) >= 11 is 0. The molecule has 2 fully saturated rings. The van der Waals surface area contributed by atoms with Crippen LogP contribution in [0, 0.1) is 5.92 Å². The molecule has 6 atom stereocenters. The molecule has 0 aromatic heterocycles. The molecule has 14 nitrogen and oxygen atoms in total. The highest BCUT2D eigenvalue weighted by atomic mass is 16.5. The zero-order valence-electron chi connectivity index (χ0n) is 34.2. The minimum absolute atomic E-state index is 0.0816. The van der Waals surface area contributed by atoms with Crippen LogP contribution in [0.2, 0.25) is 0 Å². The summed E-state index contributed by atoms with van der Waals surface area (Å²) in [5.74, 6) is -4.87. The number of amides is 6. The van der Waals surface area contributed by atoms with E-state index in [0.29, 0.717) is 19.3 Å². The van der Waals surface area contributed by atoms with Crippen molar-refractivity contribution in [2.45, 2.75) is 141 Å². The second kappa shape index (κ2) is 23.3. The molecule has 58 heavy (non-hydrogen) atoms. The van der Waals surface area contributed by atoms with E-state index in [1.54, 1.807) is 6.92 Å². The average Bonchev–Trinajstić information content (AvgIpc) is 3.67. The molecule has 0 bridgehead atoms. The quantitative estimate of drug-likeness (QED) is 0.111. The monoisotopic (exact) mass is 802 g/mol. The van der Waals surface area contributed by atoms with Crippen molar-refractivity contribution in [3.8, 4) is 0 Å². The van der Waals surface area contributed by atoms with Crippen molar-refractivity contribution in [3.05, 3.63) is 71.8 Å². The van der Waals surface area contributed by atoms with Crippen molar-refractivity contribution in [3.63, 3.8) is 0 Å². The molecular formula is C44H62N6O8. The van der Waals surface area contributed by atoms with Crippen LogP contribution >= 0.6 is 0 Å². The predicted octanol–water partition coefficient (Wildman–Crippen LogP) is 3.56. The van der Waals surface area contributed by atoms with Gasteiger partial charge in [0.1, 0.15) is 18.1 Å². The van der Waals surface area contributed by atoms with E-state index in [2.05, 4.69) is 21.3 Å². The lowest BCUT2D eigenvalue weighted by Gasteiger charge is -2.35. The first-order valence-electron chi connectivity index (χ1n) is 20.9. The van der Waals surface area contributed by atoms with E-state index in [1.807, 2.05) is 74.5 Å².